The molecule has 0 saturated carbocycles. The van der Waals surface area contributed by atoms with Crippen molar-refractivity contribution in [3.8, 4) is 0 Å². The molecular formula is C17H18S3. The van der Waals surface area contributed by atoms with Gasteiger partial charge in [-0.05, 0) is 25.0 Å². The molecule has 1 aliphatic heterocycles. The summed E-state index contributed by atoms with van der Waals surface area (Å²) in [5.74, 6) is 0. The molecular weight excluding hydrogens is 300 g/mol. The quantitative estimate of drug-likeness (QED) is 0.634. The van der Waals surface area contributed by atoms with Crippen LogP contribution in [0.25, 0.3) is 0 Å². The molecule has 1 aliphatic rings. The summed E-state index contributed by atoms with van der Waals surface area (Å²) in [6.07, 6.45) is 0. The van der Waals surface area contributed by atoms with Gasteiger partial charge in [-0.1, -0.05) is 60.7 Å². The van der Waals surface area contributed by atoms with Gasteiger partial charge in [0.15, 0.2) is 0 Å². The van der Waals surface area contributed by atoms with E-state index in [4.69, 9.17) is 0 Å². The zero-order valence-corrected chi connectivity index (χ0v) is 14.1. The summed E-state index contributed by atoms with van der Waals surface area (Å²) in [5, 5.41) is 0. The normalized spacial score (nSPS) is 25.3. The molecule has 0 unspecified atom stereocenters. The van der Waals surface area contributed by atoms with Gasteiger partial charge in [-0.3, -0.25) is 0 Å². The molecule has 2 atom stereocenters. The summed E-state index contributed by atoms with van der Waals surface area (Å²) in [5.41, 5.74) is 2.86. The van der Waals surface area contributed by atoms with Crippen LogP contribution in [0.2, 0.25) is 0 Å². The first-order valence-electron chi connectivity index (χ1n) is 6.75. The minimum absolute atomic E-state index is 0.242. The van der Waals surface area contributed by atoms with Gasteiger partial charge in [-0.15, -0.1) is 35.3 Å². The van der Waals surface area contributed by atoms with Crippen LogP contribution in [0.4, 0.5) is 0 Å². The smallest absolute Gasteiger partial charge is 0.0779 e. The molecule has 0 amide bonds. The van der Waals surface area contributed by atoms with Gasteiger partial charge < -0.3 is 0 Å². The van der Waals surface area contributed by atoms with Crippen LogP contribution in [-0.4, -0.2) is 4.08 Å². The lowest BCUT2D eigenvalue weighted by Crippen LogP contribution is -2.18. The molecule has 1 fully saturated rings. The highest BCUT2D eigenvalue weighted by molar-refractivity contribution is 8.33. The Morgan fingerprint density at radius 2 is 1.10 bits per heavy atom. The number of benzene rings is 2. The Hall–Kier alpha value is -0.510. The van der Waals surface area contributed by atoms with E-state index in [1.807, 2.05) is 0 Å². The molecule has 3 rings (SSSR count). The van der Waals surface area contributed by atoms with E-state index >= 15 is 0 Å². The minimum Gasteiger partial charge on any atom is -0.125 e. The van der Waals surface area contributed by atoms with E-state index in [9.17, 15) is 0 Å². The lowest BCUT2D eigenvalue weighted by Gasteiger charge is -2.39. The third-order valence-electron chi connectivity index (χ3n) is 3.17. The van der Waals surface area contributed by atoms with Crippen molar-refractivity contribution in [2.45, 2.75) is 27.1 Å². The van der Waals surface area contributed by atoms with Crippen LogP contribution < -0.4 is 0 Å². The number of thioether (sulfide) groups is 3. The highest BCUT2D eigenvalue weighted by Gasteiger charge is 2.37. The van der Waals surface area contributed by atoms with Crippen molar-refractivity contribution in [1.82, 2.24) is 0 Å². The van der Waals surface area contributed by atoms with Gasteiger partial charge in [0, 0.05) is 0 Å². The molecule has 20 heavy (non-hydrogen) atoms. The van der Waals surface area contributed by atoms with Crippen molar-refractivity contribution < 1.29 is 0 Å². The van der Waals surface area contributed by atoms with Gasteiger partial charge in [-0.25, -0.2) is 0 Å². The van der Waals surface area contributed by atoms with Crippen LogP contribution in [0.3, 0.4) is 0 Å². The Balaban J connectivity index is 1.87. The van der Waals surface area contributed by atoms with Crippen molar-refractivity contribution in [2.24, 2.45) is 0 Å². The highest BCUT2D eigenvalue weighted by atomic mass is 32.3. The van der Waals surface area contributed by atoms with Crippen LogP contribution >= 0.6 is 35.3 Å². The van der Waals surface area contributed by atoms with Gasteiger partial charge in [0.2, 0.25) is 0 Å². The van der Waals surface area contributed by atoms with Gasteiger partial charge in [0.1, 0.15) is 0 Å². The van der Waals surface area contributed by atoms with E-state index < -0.39 is 0 Å². The number of hydrogen-bond donors (Lipinski definition) is 0. The molecule has 104 valence electrons. The molecule has 3 heteroatoms. The lowest BCUT2D eigenvalue weighted by molar-refractivity contribution is 1.01. The lowest BCUT2D eigenvalue weighted by atomic mass is 10.2. The predicted molar refractivity (Wildman–Crippen MR) is 95.2 cm³/mol. The summed E-state index contributed by atoms with van der Waals surface area (Å²) in [7, 11) is 0. The molecule has 0 N–H and O–H groups in total. The van der Waals surface area contributed by atoms with Crippen LogP contribution in [-0.2, 0) is 0 Å². The Morgan fingerprint density at radius 3 is 1.50 bits per heavy atom. The van der Waals surface area contributed by atoms with Gasteiger partial charge in [0.05, 0.1) is 13.2 Å². The Kier molecular flexibility index (Phi) is 4.39. The molecule has 0 aliphatic carbocycles. The van der Waals surface area contributed by atoms with Crippen molar-refractivity contribution in [1.29, 1.82) is 0 Å². The van der Waals surface area contributed by atoms with Gasteiger partial charge in [-0.2, -0.15) is 0 Å². The Morgan fingerprint density at radius 1 is 0.700 bits per heavy atom. The average Bonchev–Trinajstić information content (AvgIpc) is 2.47. The van der Waals surface area contributed by atoms with Crippen molar-refractivity contribution in [2.75, 3.05) is 0 Å². The summed E-state index contributed by atoms with van der Waals surface area (Å²) < 4.78 is 1.27. The van der Waals surface area contributed by atoms with Crippen molar-refractivity contribution in [3.63, 3.8) is 0 Å². The van der Waals surface area contributed by atoms with E-state index in [0.717, 1.165) is 0 Å². The third kappa shape index (κ3) is 3.38. The minimum atomic E-state index is 0.242. The second-order valence-corrected chi connectivity index (χ2v) is 10.8. The number of hydrogen-bond acceptors (Lipinski definition) is 3. The van der Waals surface area contributed by atoms with E-state index in [0.29, 0.717) is 9.16 Å². The topological polar surface area (TPSA) is 0 Å². The fourth-order valence-electron chi connectivity index (χ4n) is 2.22. The van der Waals surface area contributed by atoms with E-state index in [1.54, 1.807) is 0 Å². The SMILES string of the molecule is CC1(C)S[C@@H](c2ccccc2)S[C@H](c2ccccc2)S1. The second-order valence-electron chi connectivity index (χ2n) is 5.26. The highest BCUT2D eigenvalue weighted by Crippen LogP contribution is 2.65. The number of rotatable bonds is 2. The fraction of sp³-hybridized carbons (Fsp3) is 0.294. The first-order chi connectivity index (χ1) is 9.64. The van der Waals surface area contributed by atoms with Crippen molar-refractivity contribution in [3.05, 3.63) is 71.8 Å². The van der Waals surface area contributed by atoms with Crippen LogP contribution in [0.5, 0.6) is 0 Å². The van der Waals surface area contributed by atoms with E-state index in [-0.39, 0.29) is 4.08 Å². The van der Waals surface area contributed by atoms with Gasteiger partial charge >= 0.3 is 0 Å². The first-order valence-corrected chi connectivity index (χ1v) is 9.45. The Bertz CT molecular complexity index is 501. The molecule has 0 spiro atoms. The molecule has 0 radical (unpaired) electrons. The molecule has 2 aromatic rings. The summed E-state index contributed by atoms with van der Waals surface area (Å²) >= 11 is 6.20. The van der Waals surface area contributed by atoms with Crippen LogP contribution in [0, 0.1) is 0 Å². The molecule has 2 aromatic carbocycles. The monoisotopic (exact) mass is 318 g/mol. The van der Waals surface area contributed by atoms with E-state index in [1.165, 1.54) is 11.1 Å². The molecule has 1 heterocycles. The second kappa shape index (κ2) is 6.08. The first kappa shape index (κ1) is 14.4. The maximum absolute atomic E-state index is 2.34. The third-order valence-corrected chi connectivity index (χ3v) is 8.14. The molecule has 0 nitrogen and oxygen atoms in total. The Labute approximate surface area is 134 Å². The van der Waals surface area contributed by atoms with Gasteiger partial charge in [0.25, 0.3) is 0 Å². The standard InChI is InChI=1S/C17H18S3/c1-17(2)19-15(13-9-5-3-6-10-13)18-16(20-17)14-11-7-4-8-12-14/h3-12,15-16H,1-2H3/t15-,16-/m0/s1. The van der Waals surface area contributed by atoms with E-state index in [2.05, 4.69) is 110 Å². The summed E-state index contributed by atoms with van der Waals surface area (Å²) in [4.78, 5) is 0. The fourth-order valence-corrected chi connectivity index (χ4v) is 8.63. The summed E-state index contributed by atoms with van der Waals surface area (Å²) in [6, 6.07) is 21.7. The van der Waals surface area contributed by atoms with Crippen LogP contribution in [0.15, 0.2) is 60.7 Å². The average molecular weight is 319 g/mol. The molecule has 0 aromatic heterocycles. The predicted octanol–water partition coefficient (Wildman–Crippen LogP) is 6.33. The largest absolute Gasteiger partial charge is 0.125 e. The molecule has 0 bridgehead atoms. The maximum atomic E-state index is 2.34. The summed E-state index contributed by atoms with van der Waals surface area (Å²) in [6.45, 7) is 4.68. The zero-order valence-electron chi connectivity index (χ0n) is 11.7. The maximum Gasteiger partial charge on any atom is 0.0779 e. The molecule has 1 saturated heterocycles. The van der Waals surface area contributed by atoms with Crippen LogP contribution in [0.1, 0.15) is 34.1 Å². The van der Waals surface area contributed by atoms with Crippen molar-refractivity contribution >= 4 is 35.3 Å². The zero-order chi connectivity index (χ0) is 14.0.